The summed E-state index contributed by atoms with van der Waals surface area (Å²) in [7, 11) is 0. The number of anilines is 2. The number of benzene rings is 2. The number of carbonyl (C=O) groups excluding carboxylic acids is 3. The molecule has 0 radical (unpaired) electrons. The Morgan fingerprint density at radius 1 is 0.969 bits per heavy atom. The van der Waals surface area contributed by atoms with Gasteiger partial charge in [0.25, 0.3) is 11.8 Å². The molecule has 1 aliphatic heterocycles. The molecule has 3 amide bonds. The Bertz CT molecular complexity index is 1170. The van der Waals surface area contributed by atoms with Crippen molar-refractivity contribution in [3.63, 3.8) is 0 Å². The SMILES string of the molecule is CCN(Cc1ccccc1)C1=C(c2cccs2)C(=O)N(c2ccc(NC(C)=O)cc2)C1=O. The van der Waals surface area contributed by atoms with Crippen molar-refractivity contribution < 1.29 is 14.4 Å². The van der Waals surface area contributed by atoms with Gasteiger partial charge in [-0.25, -0.2) is 4.90 Å². The van der Waals surface area contributed by atoms with E-state index in [9.17, 15) is 14.4 Å². The average Bonchev–Trinajstić information content (AvgIpc) is 3.39. The van der Waals surface area contributed by atoms with Gasteiger partial charge in [-0.1, -0.05) is 36.4 Å². The summed E-state index contributed by atoms with van der Waals surface area (Å²) in [5, 5.41) is 4.59. The van der Waals surface area contributed by atoms with Crippen molar-refractivity contribution in [1.82, 2.24) is 4.90 Å². The molecule has 4 rings (SSSR count). The van der Waals surface area contributed by atoms with E-state index in [2.05, 4.69) is 5.32 Å². The Labute approximate surface area is 190 Å². The van der Waals surface area contributed by atoms with E-state index in [0.717, 1.165) is 10.4 Å². The van der Waals surface area contributed by atoms with Crippen LogP contribution >= 0.6 is 11.3 Å². The molecule has 0 bridgehead atoms. The molecule has 0 spiro atoms. The highest BCUT2D eigenvalue weighted by atomic mass is 32.1. The Hall–Kier alpha value is -3.71. The number of nitrogens with zero attached hydrogens (tertiary/aromatic N) is 2. The maximum Gasteiger partial charge on any atom is 0.282 e. The minimum Gasteiger partial charge on any atom is -0.362 e. The van der Waals surface area contributed by atoms with Crippen molar-refractivity contribution in [1.29, 1.82) is 0 Å². The van der Waals surface area contributed by atoms with Gasteiger partial charge >= 0.3 is 0 Å². The summed E-state index contributed by atoms with van der Waals surface area (Å²) in [4.78, 5) is 42.4. The predicted octanol–water partition coefficient (Wildman–Crippen LogP) is 4.51. The number of hydrogen-bond donors (Lipinski definition) is 1. The number of thiophene rings is 1. The lowest BCUT2D eigenvalue weighted by molar-refractivity contribution is -0.121. The van der Waals surface area contributed by atoms with E-state index in [1.165, 1.54) is 23.2 Å². The number of amides is 3. The van der Waals surface area contributed by atoms with Gasteiger partial charge in [0.2, 0.25) is 5.91 Å². The topological polar surface area (TPSA) is 69.7 Å². The van der Waals surface area contributed by atoms with Crippen LogP contribution in [0.5, 0.6) is 0 Å². The van der Waals surface area contributed by atoms with Crippen LogP contribution in [0.25, 0.3) is 5.57 Å². The second kappa shape index (κ2) is 9.20. The van der Waals surface area contributed by atoms with Crippen LogP contribution in [0.3, 0.4) is 0 Å². The molecule has 162 valence electrons. The zero-order valence-electron chi connectivity index (χ0n) is 17.9. The van der Waals surface area contributed by atoms with Crippen LogP contribution in [0.2, 0.25) is 0 Å². The first-order valence-corrected chi connectivity index (χ1v) is 11.2. The Morgan fingerprint density at radius 3 is 2.28 bits per heavy atom. The minimum absolute atomic E-state index is 0.186. The second-order valence-electron chi connectivity index (χ2n) is 7.37. The molecule has 0 unspecified atom stereocenters. The van der Waals surface area contributed by atoms with E-state index >= 15 is 0 Å². The molecule has 6 nitrogen and oxygen atoms in total. The van der Waals surface area contributed by atoms with E-state index in [-0.39, 0.29) is 17.7 Å². The lowest BCUT2D eigenvalue weighted by atomic mass is 10.1. The van der Waals surface area contributed by atoms with Crippen molar-refractivity contribution >= 4 is 46.0 Å². The van der Waals surface area contributed by atoms with Crippen molar-refractivity contribution in [2.45, 2.75) is 20.4 Å². The molecule has 1 aromatic heterocycles. The van der Waals surface area contributed by atoms with Crippen LogP contribution < -0.4 is 10.2 Å². The normalized spacial score (nSPS) is 13.6. The molecule has 3 aromatic rings. The van der Waals surface area contributed by atoms with E-state index in [1.54, 1.807) is 24.3 Å². The maximum atomic E-state index is 13.6. The molecule has 2 heterocycles. The number of carbonyl (C=O) groups is 3. The molecule has 32 heavy (non-hydrogen) atoms. The van der Waals surface area contributed by atoms with Crippen LogP contribution in [0, 0.1) is 0 Å². The number of imide groups is 1. The summed E-state index contributed by atoms with van der Waals surface area (Å²) in [5.41, 5.74) is 2.97. The van der Waals surface area contributed by atoms with Gasteiger partial charge in [0.15, 0.2) is 0 Å². The number of hydrogen-bond acceptors (Lipinski definition) is 5. The quantitative estimate of drug-likeness (QED) is 0.543. The molecule has 7 heteroatoms. The average molecular weight is 446 g/mol. The summed E-state index contributed by atoms with van der Waals surface area (Å²) in [6.07, 6.45) is 0. The van der Waals surface area contributed by atoms with Crippen LogP contribution in [0.4, 0.5) is 11.4 Å². The van der Waals surface area contributed by atoms with Gasteiger partial charge < -0.3 is 10.2 Å². The highest BCUT2D eigenvalue weighted by Crippen LogP contribution is 2.37. The Morgan fingerprint density at radius 2 is 1.69 bits per heavy atom. The van der Waals surface area contributed by atoms with Gasteiger partial charge in [-0.3, -0.25) is 14.4 Å². The van der Waals surface area contributed by atoms with Gasteiger partial charge in [-0.2, -0.15) is 0 Å². The first-order chi connectivity index (χ1) is 15.5. The van der Waals surface area contributed by atoms with Gasteiger partial charge in [0.05, 0.1) is 11.3 Å². The fourth-order valence-corrected chi connectivity index (χ4v) is 4.50. The van der Waals surface area contributed by atoms with Gasteiger partial charge in [-0.15, -0.1) is 11.3 Å². The maximum absolute atomic E-state index is 13.6. The highest BCUT2D eigenvalue weighted by molar-refractivity contribution is 7.11. The van der Waals surface area contributed by atoms with E-state index in [0.29, 0.717) is 35.7 Å². The largest absolute Gasteiger partial charge is 0.362 e. The summed E-state index contributed by atoms with van der Waals surface area (Å²) in [6, 6.07) is 20.3. The zero-order valence-corrected chi connectivity index (χ0v) is 18.7. The highest BCUT2D eigenvalue weighted by Gasteiger charge is 2.42. The lowest BCUT2D eigenvalue weighted by Crippen LogP contribution is -2.35. The predicted molar refractivity (Wildman–Crippen MR) is 127 cm³/mol. The van der Waals surface area contributed by atoms with Gasteiger partial charge in [0, 0.05) is 30.6 Å². The summed E-state index contributed by atoms with van der Waals surface area (Å²) in [6.45, 7) is 4.50. The molecule has 0 atom stereocenters. The van der Waals surface area contributed by atoms with Gasteiger partial charge in [-0.05, 0) is 48.2 Å². The second-order valence-corrected chi connectivity index (χ2v) is 8.32. The Kier molecular flexibility index (Phi) is 6.18. The van der Waals surface area contributed by atoms with Crippen LogP contribution in [-0.4, -0.2) is 29.2 Å². The number of nitrogens with one attached hydrogen (secondary N) is 1. The molecule has 1 N–H and O–H groups in total. The fourth-order valence-electron chi connectivity index (χ4n) is 3.74. The van der Waals surface area contributed by atoms with Crippen LogP contribution in [0.1, 0.15) is 24.3 Å². The zero-order chi connectivity index (χ0) is 22.7. The molecule has 0 saturated heterocycles. The molecule has 2 aromatic carbocycles. The standard InChI is InChI=1S/C25H23N3O3S/c1-3-27(16-18-8-5-4-6-9-18)23-22(21-10-7-15-32-21)24(30)28(25(23)31)20-13-11-19(12-14-20)26-17(2)29/h4-15H,3,16H2,1-2H3,(H,26,29). The number of rotatable bonds is 7. The third-order valence-electron chi connectivity index (χ3n) is 5.19. The third kappa shape index (κ3) is 4.20. The van der Waals surface area contributed by atoms with Crippen LogP contribution in [0.15, 0.2) is 77.8 Å². The lowest BCUT2D eigenvalue weighted by Gasteiger charge is -2.25. The fraction of sp³-hybridized carbons (Fsp3) is 0.160. The molecule has 0 aliphatic carbocycles. The molecular weight excluding hydrogens is 422 g/mol. The molecule has 0 fully saturated rings. The van der Waals surface area contributed by atoms with Crippen LogP contribution in [-0.2, 0) is 20.9 Å². The first-order valence-electron chi connectivity index (χ1n) is 10.3. The third-order valence-corrected chi connectivity index (χ3v) is 6.07. The van der Waals surface area contributed by atoms with Gasteiger partial charge in [0.1, 0.15) is 5.70 Å². The van der Waals surface area contributed by atoms with E-state index in [4.69, 9.17) is 0 Å². The summed E-state index contributed by atoms with van der Waals surface area (Å²) < 4.78 is 0. The van der Waals surface area contributed by atoms with Crippen molar-refractivity contribution in [3.05, 3.63) is 88.2 Å². The van der Waals surface area contributed by atoms with E-state index < -0.39 is 0 Å². The first kappa shape index (κ1) is 21.5. The summed E-state index contributed by atoms with van der Waals surface area (Å²) >= 11 is 1.44. The minimum atomic E-state index is -0.344. The van der Waals surface area contributed by atoms with Crippen molar-refractivity contribution in [2.75, 3.05) is 16.8 Å². The van der Waals surface area contributed by atoms with Crippen molar-refractivity contribution in [3.8, 4) is 0 Å². The molecular formula is C25H23N3O3S. The molecule has 0 saturated carbocycles. The summed E-state index contributed by atoms with van der Waals surface area (Å²) in [5.74, 6) is -0.871. The van der Waals surface area contributed by atoms with Crippen molar-refractivity contribution in [2.24, 2.45) is 0 Å². The molecule has 1 aliphatic rings. The Balaban J connectivity index is 1.73. The monoisotopic (exact) mass is 445 g/mol. The number of likely N-dealkylation sites (N-methyl/N-ethyl adjacent to an activating group) is 1. The van der Waals surface area contributed by atoms with E-state index in [1.807, 2.05) is 59.7 Å². The smallest absolute Gasteiger partial charge is 0.282 e.